The van der Waals surface area contributed by atoms with Gasteiger partial charge in [-0.2, -0.15) is 0 Å². The molecule has 0 amide bonds. The van der Waals surface area contributed by atoms with Crippen LogP contribution >= 0.6 is 0 Å². The number of hydrogen-bond donors (Lipinski definition) is 1. The lowest BCUT2D eigenvalue weighted by molar-refractivity contribution is 0.208. The lowest BCUT2D eigenvalue weighted by Gasteiger charge is -2.05. The van der Waals surface area contributed by atoms with Crippen LogP contribution in [0.3, 0.4) is 0 Å². The minimum atomic E-state index is -0.283. The van der Waals surface area contributed by atoms with Crippen molar-refractivity contribution in [1.82, 2.24) is 0 Å². The second kappa shape index (κ2) is 11.9. The fourth-order valence-electron chi connectivity index (χ4n) is 1.81. The minimum absolute atomic E-state index is 0.283. The van der Waals surface area contributed by atoms with Crippen molar-refractivity contribution >= 4 is 0 Å². The third kappa shape index (κ3) is 11.7. The van der Waals surface area contributed by atoms with Gasteiger partial charge >= 0.3 is 0 Å². The Labute approximate surface area is 108 Å². The molecule has 0 aliphatic heterocycles. The molecule has 0 radical (unpaired) electrons. The molecule has 0 fully saturated rings. The van der Waals surface area contributed by atoms with Crippen LogP contribution in [0.4, 0.5) is 0 Å². The number of aliphatic hydroxyl groups excluding tert-OH is 1. The summed E-state index contributed by atoms with van der Waals surface area (Å²) in [5.74, 6) is 0. The molecule has 1 N–H and O–H groups in total. The van der Waals surface area contributed by atoms with Gasteiger partial charge in [0.05, 0.1) is 6.10 Å². The highest BCUT2D eigenvalue weighted by molar-refractivity contribution is 5.15. The number of hydrogen-bond acceptors (Lipinski definition) is 1. The average molecular weight is 238 g/mol. The molecule has 0 aliphatic rings. The van der Waals surface area contributed by atoms with Gasteiger partial charge in [0, 0.05) is 0 Å². The Bertz CT molecular complexity index is 206. The first kappa shape index (κ1) is 16.4. The fraction of sp³-hybridized carbons (Fsp3) is 0.750. The van der Waals surface area contributed by atoms with Crippen molar-refractivity contribution in [2.75, 3.05) is 0 Å². The largest absolute Gasteiger partial charge is 0.389 e. The molecule has 0 heterocycles. The van der Waals surface area contributed by atoms with Crippen molar-refractivity contribution in [2.45, 2.75) is 77.7 Å². The second-order valence-corrected chi connectivity index (χ2v) is 4.89. The molecule has 100 valence electrons. The molecule has 0 rings (SSSR count). The molecule has 1 atom stereocenters. The van der Waals surface area contributed by atoms with Crippen LogP contribution in [0.2, 0.25) is 0 Å². The van der Waals surface area contributed by atoms with Crippen LogP contribution in [0.5, 0.6) is 0 Å². The van der Waals surface area contributed by atoms with E-state index >= 15 is 0 Å². The highest BCUT2D eigenvalue weighted by Gasteiger charge is 1.98. The van der Waals surface area contributed by atoms with Gasteiger partial charge in [0.15, 0.2) is 0 Å². The highest BCUT2D eigenvalue weighted by atomic mass is 16.3. The van der Waals surface area contributed by atoms with Gasteiger partial charge in [-0.3, -0.25) is 0 Å². The van der Waals surface area contributed by atoms with E-state index in [2.05, 4.69) is 20.4 Å². The van der Waals surface area contributed by atoms with Crippen molar-refractivity contribution < 1.29 is 5.11 Å². The molecule has 17 heavy (non-hydrogen) atoms. The molecule has 0 unspecified atom stereocenters. The van der Waals surface area contributed by atoms with Crippen LogP contribution in [0.25, 0.3) is 0 Å². The number of aliphatic hydroxyl groups is 1. The van der Waals surface area contributed by atoms with Crippen molar-refractivity contribution in [2.24, 2.45) is 0 Å². The molecule has 0 saturated heterocycles. The summed E-state index contributed by atoms with van der Waals surface area (Å²) >= 11 is 0. The quantitative estimate of drug-likeness (QED) is 0.396. The first-order valence-electron chi connectivity index (χ1n) is 7.24. The SMILES string of the molecule is C=C(/C=C/[C@@H](O)CCCCC)CCCCCC. The lowest BCUT2D eigenvalue weighted by atomic mass is 10.1. The fourth-order valence-corrected chi connectivity index (χ4v) is 1.81. The van der Waals surface area contributed by atoms with Crippen molar-refractivity contribution in [3.63, 3.8) is 0 Å². The van der Waals surface area contributed by atoms with Crippen LogP contribution in [0.1, 0.15) is 71.6 Å². The third-order valence-electron chi connectivity index (χ3n) is 3.01. The third-order valence-corrected chi connectivity index (χ3v) is 3.01. The molecule has 1 nitrogen and oxygen atoms in total. The van der Waals surface area contributed by atoms with E-state index in [0.717, 1.165) is 24.8 Å². The summed E-state index contributed by atoms with van der Waals surface area (Å²) in [6.45, 7) is 8.43. The van der Waals surface area contributed by atoms with Gasteiger partial charge in [-0.05, 0) is 19.3 Å². The second-order valence-electron chi connectivity index (χ2n) is 4.89. The van der Waals surface area contributed by atoms with Crippen LogP contribution in [0.15, 0.2) is 24.3 Å². The van der Waals surface area contributed by atoms with Gasteiger partial charge in [-0.15, -0.1) is 0 Å². The maximum absolute atomic E-state index is 9.71. The van der Waals surface area contributed by atoms with Crippen LogP contribution < -0.4 is 0 Å². The van der Waals surface area contributed by atoms with E-state index in [1.54, 1.807) is 0 Å². The predicted molar refractivity (Wildman–Crippen MR) is 77.2 cm³/mol. The maximum Gasteiger partial charge on any atom is 0.0724 e. The Balaban J connectivity index is 3.56. The van der Waals surface area contributed by atoms with Crippen LogP contribution in [0, 0.1) is 0 Å². The summed E-state index contributed by atoms with van der Waals surface area (Å²) in [6, 6.07) is 0. The van der Waals surface area contributed by atoms with E-state index in [1.807, 2.05) is 12.2 Å². The van der Waals surface area contributed by atoms with Crippen LogP contribution in [-0.2, 0) is 0 Å². The van der Waals surface area contributed by atoms with Gasteiger partial charge in [0.1, 0.15) is 0 Å². The molecular formula is C16H30O. The zero-order chi connectivity index (χ0) is 12.9. The van der Waals surface area contributed by atoms with Crippen molar-refractivity contribution in [3.05, 3.63) is 24.3 Å². The average Bonchev–Trinajstić information content (AvgIpc) is 2.32. The standard InChI is InChI=1S/C16H30O/c1-4-6-8-10-11-15(3)13-14-16(17)12-9-7-5-2/h13-14,16-17H,3-12H2,1-2H3/b14-13+/t16-/m0/s1. The van der Waals surface area contributed by atoms with E-state index in [1.165, 1.54) is 38.5 Å². The Morgan fingerprint density at radius 2 is 1.71 bits per heavy atom. The molecule has 0 saturated carbocycles. The minimum Gasteiger partial charge on any atom is -0.389 e. The van der Waals surface area contributed by atoms with E-state index in [0.29, 0.717) is 0 Å². The van der Waals surface area contributed by atoms with E-state index in [9.17, 15) is 5.11 Å². The number of unbranched alkanes of at least 4 members (excludes halogenated alkanes) is 5. The van der Waals surface area contributed by atoms with Gasteiger partial charge < -0.3 is 5.11 Å². The summed E-state index contributed by atoms with van der Waals surface area (Å²) in [7, 11) is 0. The summed E-state index contributed by atoms with van der Waals surface area (Å²) < 4.78 is 0. The molecule has 0 spiro atoms. The predicted octanol–water partition coefficient (Wildman–Crippen LogP) is 5.01. The Kier molecular flexibility index (Phi) is 11.5. The first-order valence-corrected chi connectivity index (χ1v) is 7.24. The monoisotopic (exact) mass is 238 g/mol. The number of allylic oxidation sites excluding steroid dienone is 2. The Morgan fingerprint density at radius 1 is 1.06 bits per heavy atom. The molecule has 0 bridgehead atoms. The molecule has 0 aromatic carbocycles. The summed E-state index contributed by atoms with van der Waals surface area (Å²) in [4.78, 5) is 0. The molecule has 0 aliphatic carbocycles. The smallest absolute Gasteiger partial charge is 0.0724 e. The van der Waals surface area contributed by atoms with E-state index < -0.39 is 0 Å². The summed E-state index contributed by atoms with van der Waals surface area (Å²) in [5, 5.41) is 9.71. The molecule has 1 heteroatoms. The van der Waals surface area contributed by atoms with E-state index in [4.69, 9.17) is 0 Å². The zero-order valence-corrected chi connectivity index (χ0v) is 11.8. The number of rotatable bonds is 11. The van der Waals surface area contributed by atoms with E-state index in [-0.39, 0.29) is 6.10 Å². The van der Waals surface area contributed by atoms with Crippen LogP contribution in [-0.4, -0.2) is 11.2 Å². The topological polar surface area (TPSA) is 20.2 Å². The lowest BCUT2D eigenvalue weighted by Crippen LogP contribution is -2.01. The highest BCUT2D eigenvalue weighted by Crippen LogP contribution is 2.11. The van der Waals surface area contributed by atoms with Gasteiger partial charge in [-0.1, -0.05) is 76.7 Å². The van der Waals surface area contributed by atoms with Crippen molar-refractivity contribution in [1.29, 1.82) is 0 Å². The van der Waals surface area contributed by atoms with Crippen molar-refractivity contribution in [3.8, 4) is 0 Å². The Morgan fingerprint density at radius 3 is 2.35 bits per heavy atom. The first-order chi connectivity index (χ1) is 8.20. The summed E-state index contributed by atoms with van der Waals surface area (Å²) in [5.41, 5.74) is 1.15. The maximum atomic E-state index is 9.71. The Hall–Kier alpha value is -0.560. The van der Waals surface area contributed by atoms with Gasteiger partial charge in [0.2, 0.25) is 0 Å². The molecule has 0 aromatic rings. The summed E-state index contributed by atoms with van der Waals surface area (Å²) in [6.07, 6.45) is 14.2. The van der Waals surface area contributed by atoms with Gasteiger partial charge in [0.25, 0.3) is 0 Å². The molecule has 0 aromatic heterocycles. The normalized spacial score (nSPS) is 13.1. The zero-order valence-electron chi connectivity index (χ0n) is 11.8. The molecular weight excluding hydrogens is 208 g/mol. The van der Waals surface area contributed by atoms with Gasteiger partial charge in [-0.25, -0.2) is 0 Å².